The molecule has 19 nitrogen and oxygen atoms in total. The molecule has 3 aliphatic rings. The van der Waals surface area contributed by atoms with Crippen molar-refractivity contribution in [3.63, 3.8) is 0 Å². The summed E-state index contributed by atoms with van der Waals surface area (Å²) in [5, 5.41) is 4.68. The number of nitrogens with zero attached hydrogens (tertiary/aromatic N) is 8. The average molecular weight is 1060 g/mol. The topological polar surface area (TPSA) is 214 Å². The minimum Gasteiger partial charge on any atom is -0.542 e. The molecule has 3 aliphatic heterocycles. The van der Waals surface area contributed by atoms with Gasteiger partial charge < -0.3 is 28.7 Å². The summed E-state index contributed by atoms with van der Waals surface area (Å²) in [4.78, 5) is 32.5. The number of hydrogen-bond acceptors (Lipinski definition) is 15. The van der Waals surface area contributed by atoms with Gasteiger partial charge in [-0.05, 0) is 84.8 Å². The number of nitrogens with one attached hydrogen (secondary N) is 3. The number of hydrogen-bond donors (Lipinski definition) is 3. The second-order valence-corrected chi connectivity index (χ2v) is 32.8. The lowest BCUT2D eigenvalue weighted by molar-refractivity contribution is 0.170. The van der Waals surface area contributed by atoms with E-state index in [-0.39, 0.29) is 34.9 Å². The van der Waals surface area contributed by atoms with Crippen molar-refractivity contribution in [1.82, 2.24) is 33.9 Å². The Morgan fingerprint density at radius 1 is 0.603 bits per heavy atom. The van der Waals surface area contributed by atoms with Gasteiger partial charge in [0.2, 0.25) is 0 Å². The molecule has 1 amide bonds. The van der Waals surface area contributed by atoms with Crippen molar-refractivity contribution in [1.29, 1.82) is 0 Å². The number of ether oxygens (including phenoxy) is 1. The lowest BCUT2D eigenvalue weighted by Crippen LogP contribution is -2.50. The van der Waals surface area contributed by atoms with Crippen LogP contribution in [0, 0.1) is 0 Å². The Morgan fingerprint density at radius 2 is 1.04 bits per heavy atom. The van der Waals surface area contributed by atoms with Crippen molar-refractivity contribution in [2.75, 3.05) is 84.8 Å². The Balaban J connectivity index is 0.000000206. The highest BCUT2D eigenvalue weighted by molar-refractivity contribution is 7.91. The molecular weight excluding hydrogens is 990 g/mol. The van der Waals surface area contributed by atoms with E-state index in [1.165, 1.54) is 16.6 Å². The van der Waals surface area contributed by atoms with Crippen LogP contribution in [0.15, 0.2) is 73.3 Å². The maximum Gasteiger partial charge on any atom is 0.425 e. The normalized spacial score (nSPS) is 16.4. The van der Waals surface area contributed by atoms with Crippen molar-refractivity contribution >= 4 is 89.6 Å². The van der Waals surface area contributed by atoms with Crippen LogP contribution in [0.2, 0.25) is 46.3 Å². The van der Waals surface area contributed by atoms with Gasteiger partial charge in [0.15, 0.2) is 0 Å². The monoisotopic (exact) mass is 1050 g/mol. The molecular formula is C43H65Cl2N11O8S2Si2. The third-order valence-electron chi connectivity index (χ3n) is 12.1. The molecule has 3 saturated heterocycles. The van der Waals surface area contributed by atoms with Crippen LogP contribution in [0.25, 0.3) is 0 Å². The van der Waals surface area contributed by atoms with Gasteiger partial charge in [0.05, 0.1) is 29.0 Å². The minimum absolute atomic E-state index is 0.0132. The first-order valence-corrected chi connectivity index (χ1v) is 31.6. The van der Waals surface area contributed by atoms with E-state index in [4.69, 9.17) is 32.1 Å². The lowest BCUT2D eigenvalue weighted by Gasteiger charge is -2.36. The SMILES string of the molecule is CC(C)(C)[Si](C)(C)Oc1ccc(NS(=O)(=O)N2CCN(c3ccc(Cl)cn3)CC2)nc1.CC(C)(C)[Si](C)(C)Oc1ccc(NS(=O)(=O)N2CCOC2=O)nc1.Clc1ccc(N2CCNCC2)nc1. The molecule has 4 aromatic rings. The number of anilines is 4. The van der Waals surface area contributed by atoms with Crippen LogP contribution in [-0.4, -0.2) is 134 Å². The van der Waals surface area contributed by atoms with E-state index < -0.39 is 43.1 Å². The number of aromatic nitrogens is 4. The molecule has 0 spiro atoms. The van der Waals surface area contributed by atoms with Gasteiger partial charge in [0.25, 0.3) is 16.6 Å². The Hall–Kier alpha value is -4.50. The van der Waals surface area contributed by atoms with Gasteiger partial charge >= 0.3 is 26.5 Å². The van der Waals surface area contributed by atoms with Gasteiger partial charge in [-0.15, -0.1) is 0 Å². The summed E-state index contributed by atoms with van der Waals surface area (Å²) in [6.07, 6.45) is 5.44. The minimum atomic E-state index is -4.02. The van der Waals surface area contributed by atoms with Crippen LogP contribution < -0.4 is 33.4 Å². The number of cyclic esters (lactones) is 1. The van der Waals surface area contributed by atoms with Gasteiger partial charge in [-0.1, -0.05) is 64.7 Å². The van der Waals surface area contributed by atoms with E-state index in [2.05, 4.69) is 112 Å². The summed E-state index contributed by atoms with van der Waals surface area (Å²) >= 11 is 11.6. The van der Waals surface area contributed by atoms with E-state index in [1.54, 1.807) is 42.9 Å². The third kappa shape index (κ3) is 15.3. The molecule has 0 bridgehead atoms. The third-order valence-corrected chi connectivity index (χ3v) is 24.1. The number of rotatable bonds is 12. The summed E-state index contributed by atoms with van der Waals surface area (Å²) in [7, 11) is -11.7. The molecule has 4 aromatic heterocycles. The van der Waals surface area contributed by atoms with E-state index in [0.29, 0.717) is 52.0 Å². The molecule has 25 heteroatoms. The summed E-state index contributed by atoms with van der Waals surface area (Å²) in [6.45, 7) is 27.4. The smallest absolute Gasteiger partial charge is 0.425 e. The first kappa shape index (κ1) is 54.4. The molecule has 0 aromatic carbocycles. The molecule has 0 aliphatic carbocycles. The molecule has 3 N–H and O–H groups in total. The van der Waals surface area contributed by atoms with Crippen LogP contribution in [0.5, 0.6) is 11.5 Å². The maximum absolute atomic E-state index is 12.8. The van der Waals surface area contributed by atoms with E-state index in [1.807, 2.05) is 23.1 Å². The number of carbonyl (C=O) groups is 1. The molecule has 374 valence electrons. The standard InChI is InChI=1S/C20H30ClN5O3SSi.C14H23N3O5SSi.C9H12ClN3/c1-20(2,3)31(4,5)29-17-7-8-18(22-15-17)24-30(27,28)26-12-10-25(11-13-26)19-9-6-16(21)14-23-19;1-14(2,3)24(4,5)22-11-6-7-12(15-10-11)16-23(19,20)17-8-9-21-13(17)18;10-8-1-2-9(12-7-8)13-5-3-11-4-6-13/h6-9,14-15H,10-13H2,1-5H3,(H,22,24);6-7,10H,8-9H2,1-5H3,(H,15,16);1-2,7,11H,3-6H2. The van der Waals surface area contributed by atoms with Crippen LogP contribution >= 0.6 is 23.2 Å². The van der Waals surface area contributed by atoms with Crippen LogP contribution in [0.1, 0.15) is 41.5 Å². The zero-order valence-corrected chi connectivity index (χ0v) is 45.6. The van der Waals surface area contributed by atoms with Crippen molar-refractivity contribution in [3.8, 4) is 11.5 Å². The maximum atomic E-state index is 12.8. The first-order chi connectivity index (χ1) is 31.7. The van der Waals surface area contributed by atoms with E-state index >= 15 is 0 Å². The highest BCUT2D eigenvalue weighted by atomic mass is 35.5. The molecule has 0 atom stereocenters. The summed E-state index contributed by atoms with van der Waals surface area (Å²) < 4.78 is 73.6. The van der Waals surface area contributed by atoms with Crippen LogP contribution in [0.4, 0.5) is 28.1 Å². The highest BCUT2D eigenvalue weighted by Crippen LogP contribution is 2.38. The second-order valence-electron chi connectivity index (χ2n) is 19.2. The van der Waals surface area contributed by atoms with Gasteiger partial charge in [0.1, 0.15) is 41.4 Å². The lowest BCUT2D eigenvalue weighted by atomic mass is 10.2. The number of pyridine rings is 4. The molecule has 7 heterocycles. The Bertz CT molecular complexity index is 2490. The van der Waals surface area contributed by atoms with Gasteiger partial charge in [-0.25, -0.2) is 29.5 Å². The number of halogens is 2. The molecule has 3 fully saturated rings. The highest BCUT2D eigenvalue weighted by Gasteiger charge is 2.40. The molecule has 0 radical (unpaired) electrons. The van der Waals surface area contributed by atoms with Gasteiger partial charge in [-0.2, -0.15) is 25.4 Å². The summed E-state index contributed by atoms with van der Waals surface area (Å²) in [6, 6.07) is 14.0. The summed E-state index contributed by atoms with van der Waals surface area (Å²) in [5.74, 6) is 3.42. The quantitative estimate of drug-likeness (QED) is 0.116. The van der Waals surface area contributed by atoms with Gasteiger partial charge in [-0.3, -0.25) is 4.72 Å². The first-order valence-electron chi connectivity index (χ1n) is 22.1. The summed E-state index contributed by atoms with van der Waals surface area (Å²) in [5.41, 5.74) is 0. The fraction of sp³-hybridized carbons (Fsp3) is 0.512. The number of piperazine rings is 2. The van der Waals surface area contributed by atoms with Crippen molar-refractivity contribution in [2.24, 2.45) is 0 Å². The van der Waals surface area contributed by atoms with E-state index in [9.17, 15) is 21.6 Å². The van der Waals surface area contributed by atoms with Crippen LogP contribution in [-0.2, 0) is 25.2 Å². The molecule has 68 heavy (non-hydrogen) atoms. The zero-order valence-electron chi connectivity index (χ0n) is 40.4. The molecule has 0 unspecified atom stereocenters. The molecule has 0 saturated carbocycles. The fourth-order valence-corrected chi connectivity index (χ4v) is 10.5. The Morgan fingerprint density at radius 3 is 1.41 bits per heavy atom. The Labute approximate surface area is 413 Å². The Kier molecular flexibility index (Phi) is 18.0. The zero-order chi connectivity index (χ0) is 50.1. The number of carbonyl (C=O) groups excluding carboxylic acids is 1. The van der Waals surface area contributed by atoms with Crippen molar-refractivity contribution in [3.05, 3.63) is 83.4 Å². The predicted molar refractivity (Wildman–Crippen MR) is 275 cm³/mol. The second kappa shape index (κ2) is 22.5. The fourth-order valence-electron chi connectivity index (χ4n) is 6.04. The van der Waals surface area contributed by atoms with Gasteiger partial charge in [0, 0.05) is 64.8 Å². The largest absolute Gasteiger partial charge is 0.542 e. The van der Waals surface area contributed by atoms with Crippen molar-refractivity contribution in [2.45, 2.75) is 77.8 Å². The number of amides is 1. The predicted octanol–water partition coefficient (Wildman–Crippen LogP) is 7.71. The van der Waals surface area contributed by atoms with Crippen LogP contribution in [0.3, 0.4) is 0 Å². The molecule has 7 rings (SSSR count). The average Bonchev–Trinajstić information content (AvgIpc) is 3.72. The van der Waals surface area contributed by atoms with E-state index in [0.717, 1.165) is 37.8 Å². The van der Waals surface area contributed by atoms with Crippen molar-refractivity contribution < 1.29 is 35.2 Å².